The zero-order chi connectivity index (χ0) is 12.1. The summed E-state index contributed by atoms with van der Waals surface area (Å²) in [5, 5.41) is 4.63. The molecule has 1 heteroatoms. The number of rotatable bonds is 11. The van der Waals surface area contributed by atoms with Crippen molar-refractivity contribution in [3.05, 3.63) is 12.2 Å². The smallest absolute Gasteiger partial charge is 0.0397 e. The van der Waals surface area contributed by atoms with Crippen LogP contribution in [0, 0.1) is 0 Å². The molecule has 0 N–H and O–H groups in total. The Bertz CT molecular complexity index is 152. The monoisotopic (exact) mass is 224 g/mol. The van der Waals surface area contributed by atoms with Crippen LogP contribution in [0.5, 0.6) is 0 Å². The van der Waals surface area contributed by atoms with Crippen molar-refractivity contribution in [2.75, 3.05) is 6.54 Å². The van der Waals surface area contributed by atoms with E-state index >= 15 is 0 Å². The van der Waals surface area contributed by atoms with Crippen molar-refractivity contribution in [3.63, 3.8) is 0 Å². The van der Waals surface area contributed by atoms with Crippen LogP contribution < -0.4 is 5.32 Å². The fraction of sp³-hybridized carbons (Fsp3) is 0.867. The van der Waals surface area contributed by atoms with Gasteiger partial charge >= 0.3 is 0 Å². The van der Waals surface area contributed by atoms with Crippen LogP contribution in [0.3, 0.4) is 0 Å². The second-order valence-electron chi connectivity index (χ2n) is 4.63. The van der Waals surface area contributed by atoms with Gasteiger partial charge in [0.2, 0.25) is 0 Å². The molecule has 0 aliphatic heterocycles. The molecule has 95 valence electrons. The van der Waals surface area contributed by atoms with Crippen molar-refractivity contribution >= 4 is 0 Å². The van der Waals surface area contributed by atoms with E-state index in [1.54, 1.807) is 0 Å². The number of allylic oxidation sites excluding steroid dienone is 1. The molecule has 1 nitrogen and oxygen atoms in total. The predicted octanol–water partition coefficient (Wildman–Crippen LogP) is 4.70. The molecule has 0 bridgehead atoms. The molecule has 0 heterocycles. The molecule has 0 aromatic rings. The maximum Gasteiger partial charge on any atom is 0.0397 e. The quantitative estimate of drug-likeness (QED) is 0.357. The highest BCUT2D eigenvalue weighted by atomic mass is 14.9. The van der Waals surface area contributed by atoms with E-state index in [2.05, 4.69) is 38.2 Å². The molecule has 0 saturated carbocycles. The van der Waals surface area contributed by atoms with E-state index in [-0.39, 0.29) is 0 Å². The highest BCUT2D eigenvalue weighted by Crippen LogP contribution is 2.01. The second-order valence-corrected chi connectivity index (χ2v) is 4.63. The van der Waals surface area contributed by atoms with Crippen molar-refractivity contribution in [1.82, 2.24) is 5.32 Å². The molecule has 1 unspecified atom stereocenters. The molecular weight excluding hydrogens is 194 g/mol. The molecule has 0 rings (SSSR count). The number of nitrogens with zero attached hydrogens (tertiary/aromatic N) is 1. The Morgan fingerprint density at radius 1 is 0.938 bits per heavy atom. The van der Waals surface area contributed by atoms with Gasteiger partial charge < -0.3 is 0 Å². The van der Waals surface area contributed by atoms with Gasteiger partial charge in [-0.1, -0.05) is 58.1 Å². The predicted molar refractivity (Wildman–Crippen MR) is 73.9 cm³/mol. The third-order valence-electron chi connectivity index (χ3n) is 2.82. The molecule has 0 saturated heterocycles. The maximum atomic E-state index is 4.63. The van der Waals surface area contributed by atoms with Gasteiger partial charge in [-0.15, -0.1) is 0 Å². The van der Waals surface area contributed by atoms with Crippen LogP contribution in [0.4, 0.5) is 0 Å². The highest BCUT2D eigenvalue weighted by Gasteiger charge is 1.96. The van der Waals surface area contributed by atoms with E-state index in [0.29, 0.717) is 6.04 Å². The summed E-state index contributed by atoms with van der Waals surface area (Å²) in [6.45, 7) is 7.73. The normalized spacial score (nSPS) is 13.4. The molecule has 1 radical (unpaired) electrons. The van der Waals surface area contributed by atoms with E-state index in [1.807, 2.05) is 0 Å². The number of hydrogen-bond donors (Lipinski definition) is 0. The molecule has 1 atom stereocenters. The zero-order valence-corrected chi connectivity index (χ0v) is 11.5. The Kier molecular flexibility index (Phi) is 12.5. The van der Waals surface area contributed by atoms with Gasteiger partial charge in [0.25, 0.3) is 0 Å². The van der Waals surface area contributed by atoms with Crippen molar-refractivity contribution in [1.29, 1.82) is 0 Å². The third kappa shape index (κ3) is 11.8. The summed E-state index contributed by atoms with van der Waals surface area (Å²) < 4.78 is 0. The van der Waals surface area contributed by atoms with Crippen LogP contribution >= 0.6 is 0 Å². The summed E-state index contributed by atoms with van der Waals surface area (Å²) in [5.74, 6) is 0. The number of hydrogen-bond acceptors (Lipinski definition) is 0. The molecule has 0 spiro atoms. The third-order valence-corrected chi connectivity index (χ3v) is 2.82. The molecular formula is C15H30N. The summed E-state index contributed by atoms with van der Waals surface area (Å²) in [4.78, 5) is 0. The molecule has 0 fully saturated rings. The van der Waals surface area contributed by atoms with Gasteiger partial charge in [0, 0.05) is 12.6 Å². The zero-order valence-electron chi connectivity index (χ0n) is 11.5. The molecule has 0 aromatic heterocycles. The van der Waals surface area contributed by atoms with E-state index < -0.39 is 0 Å². The molecule has 0 aromatic carbocycles. The van der Waals surface area contributed by atoms with Gasteiger partial charge in [-0.2, -0.15) is 0 Å². The lowest BCUT2D eigenvalue weighted by Gasteiger charge is -2.06. The van der Waals surface area contributed by atoms with Gasteiger partial charge in [0.05, 0.1) is 0 Å². The summed E-state index contributed by atoms with van der Waals surface area (Å²) in [5.41, 5.74) is 0. The fourth-order valence-electron chi connectivity index (χ4n) is 1.70. The first-order valence-electron chi connectivity index (χ1n) is 7.14. The largest absolute Gasteiger partial charge is 0.235 e. The van der Waals surface area contributed by atoms with E-state index in [9.17, 15) is 0 Å². The molecule has 0 aliphatic carbocycles. The minimum atomic E-state index is 0.420. The fourth-order valence-corrected chi connectivity index (χ4v) is 1.70. The minimum absolute atomic E-state index is 0.420. The summed E-state index contributed by atoms with van der Waals surface area (Å²) >= 11 is 0. The van der Waals surface area contributed by atoms with Crippen LogP contribution in [0.25, 0.3) is 0 Å². The second kappa shape index (κ2) is 12.8. The maximum absolute atomic E-state index is 4.63. The Labute approximate surface area is 103 Å². The van der Waals surface area contributed by atoms with E-state index in [4.69, 9.17) is 0 Å². The van der Waals surface area contributed by atoms with Crippen molar-refractivity contribution in [3.8, 4) is 0 Å². The van der Waals surface area contributed by atoms with Crippen LogP contribution in [0.1, 0.15) is 72.1 Å². The Hall–Kier alpha value is -0.300. The van der Waals surface area contributed by atoms with Crippen molar-refractivity contribution in [2.24, 2.45) is 0 Å². The summed E-state index contributed by atoms with van der Waals surface area (Å²) in [6.07, 6.45) is 15.1. The first kappa shape index (κ1) is 15.7. The lowest BCUT2D eigenvalue weighted by molar-refractivity contribution is 0.561. The molecule has 0 aliphatic rings. The topological polar surface area (TPSA) is 14.1 Å². The Morgan fingerprint density at radius 2 is 1.62 bits per heavy atom. The van der Waals surface area contributed by atoms with Crippen LogP contribution in [-0.4, -0.2) is 12.6 Å². The van der Waals surface area contributed by atoms with Gasteiger partial charge in [-0.3, -0.25) is 0 Å². The standard InChI is InChI=1S/C15H30N/c1-4-6-8-10-11-13-15(3)16-14-12-9-7-5-2/h11,13,15H,4-10,12,14H2,1-3H3/b13-11+. The molecule has 16 heavy (non-hydrogen) atoms. The lowest BCUT2D eigenvalue weighted by Crippen LogP contribution is -2.17. The van der Waals surface area contributed by atoms with Crippen molar-refractivity contribution in [2.45, 2.75) is 78.2 Å². The highest BCUT2D eigenvalue weighted by molar-refractivity contribution is 4.90. The van der Waals surface area contributed by atoms with Gasteiger partial charge in [0.1, 0.15) is 0 Å². The summed E-state index contributed by atoms with van der Waals surface area (Å²) in [6, 6.07) is 0.420. The van der Waals surface area contributed by atoms with Crippen molar-refractivity contribution < 1.29 is 0 Å². The average molecular weight is 224 g/mol. The molecule has 0 amide bonds. The van der Waals surface area contributed by atoms with Crippen LogP contribution in [0.15, 0.2) is 12.2 Å². The first-order chi connectivity index (χ1) is 7.81. The average Bonchev–Trinajstić information content (AvgIpc) is 2.28. The number of unbranched alkanes of at least 4 members (excludes halogenated alkanes) is 6. The van der Waals surface area contributed by atoms with E-state index in [1.165, 1.54) is 51.4 Å². The first-order valence-corrected chi connectivity index (χ1v) is 7.14. The van der Waals surface area contributed by atoms with Crippen LogP contribution in [-0.2, 0) is 0 Å². The van der Waals surface area contributed by atoms with Gasteiger partial charge in [-0.25, -0.2) is 5.32 Å². The lowest BCUT2D eigenvalue weighted by atomic mass is 10.1. The Balaban J connectivity index is 3.25. The summed E-state index contributed by atoms with van der Waals surface area (Å²) in [7, 11) is 0. The SMILES string of the molecule is CCCCC/C=C/C(C)[N]CCCCCC. The van der Waals surface area contributed by atoms with Gasteiger partial charge in [0.15, 0.2) is 0 Å². The van der Waals surface area contributed by atoms with E-state index in [0.717, 1.165) is 6.54 Å². The van der Waals surface area contributed by atoms with Crippen LogP contribution in [0.2, 0.25) is 0 Å². The minimum Gasteiger partial charge on any atom is -0.235 e. The van der Waals surface area contributed by atoms with Gasteiger partial charge in [-0.05, 0) is 26.2 Å². The Morgan fingerprint density at radius 3 is 2.31 bits per heavy atom.